The smallest absolute Gasteiger partial charge is 0.0693 e. The molecule has 1 aromatic rings. The first-order valence-electron chi connectivity index (χ1n) is 4.71. The topological polar surface area (TPSA) is 23.8 Å². The number of benzene rings is 1. The average molecular weight is 171 g/mol. The van der Waals surface area contributed by atoms with Gasteiger partial charge in [0, 0.05) is 0 Å². The highest BCUT2D eigenvalue weighted by molar-refractivity contribution is 5.26. The van der Waals surface area contributed by atoms with Gasteiger partial charge >= 0.3 is 0 Å². The molecule has 1 nitrogen and oxygen atoms in total. The molecule has 0 unspecified atom stereocenters. The summed E-state index contributed by atoms with van der Waals surface area (Å²) in [6.45, 7) is 2.09. The van der Waals surface area contributed by atoms with Crippen LogP contribution in [0, 0.1) is 23.7 Å². The molecule has 13 heavy (non-hydrogen) atoms. The number of hydrogen-bond donors (Lipinski definition) is 0. The lowest BCUT2D eigenvalue weighted by molar-refractivity contribution is 0.664. The zero-order valence-corrected chi connectivity index (χ0v) is 7.88. The molecule has 0 amide bonds. The molecule has 0 aromatic heterocycles. The maximum atomic E-state index is 8.94. The zero-order chi connectivity index (χ0) is 9.31. The second kappa shape index (κ2) is 2.88. The van der Waals surface area contributed by atoms with Gasteiger partial charge in [-0.15, -0.1) is 0 Å². The third-order valence-corrected chi connectivity index (χ3v) is 2.72. The second-order valence-electron chi connectivity index (χ2n) is 4.06. The molecule has 1 aliphatic rings. The molecular weight excluding hydrogens is 158 g/mol. The Labute approximate surface area is 79.0 Å². The molecule has 0 aliphatic heterocycles. The first-order chi connectivity index (χ1) is 6.24. The Bertz CT molecular complexity index is 356. The molecule has 0 heterocycles. The maximum absolute atomic E-state index is 8.94. The minimum Gasteiger partial charge on any atom is -0.198 e. The summed E-state index contributed by atoms with van der Waals surface area (Å²) in [5, 5.41) is 8.94. The van der Waals surface area contributed by atoms with Gasteiger partial charge in [-0.3, -0.25) is 0 Å². The number of nitriles is 1. The minimum absolute atomic E-state index is 0.00616. The molecule has 0 N–H and O–H groups in total. The SMILES string of the molecule is Cc1cccc(CC2(C#N)CC2)c1. The Morgan fingerprint density at radius 2 is 2.23 bits per heavy atom. The third-order valence-electron chi connectivity index (χ3n) is 2.72. The number of rotatable bonds is 2. The lowest BCUT2D eigenvalue weighted by Crippen LogP contribution is -2.01. The van der Waals surface area contributed by atoms with E-state index in [-0.39, 0.29) is 5.41 Å². The Hall–Kier alpha value is -1.29. The molecule has 1 saturated carbocycles. The minimum atomic E-state index is -0.00616. The molecule has 1 fully saturated rings. The summed E-state index contributed by atoms with van der Waals surface area (Å²) in [5.74, 6) is 0. The molecule has 2 rings (SSSR count). The van der Waals surface area contributed by atoms with Gasteiger partial charge in [0.2, 0.25) is 0 Å². The van der Waals surface area contributed by atoms with Crippen molar-refractivity contribution in [1.29, 1.82) is 5.26 Å². The van der Waals surface area contributed by atoms with Crippen molar-refractivity contribution >= 4 is 0 Å². The summed E-state index contributed by atoms with van der Waals surface area (Å²) < 4.78 is 0. The van der Waals surface area contributed by atoms with Gasteiger partial charge in [-0.2, -0.15) is 5.26 Å². The first kappa shape index (κ1) is 8.31. The fourth-order valence-corrected chi connectivity index (χ4v) is 1.69. The van der Waals surface area contributed by atoms with E-state index in [1.165, 1.54) is 11.1 Å². The molecule has 66 valence electrons. The Morgan fingerprint density at radius 1 is 1.46 bits per heavy atom. The van der Waals surface area contributed by atoms with Crippen LogP contribution in [0.4, 0.5) is 0 Å². The Morgan fingerprint density at radius 3 is 2.77 bits per heavy atom. The molecule has 0 atom stereocenters. The van der Waals surface area contributed by atoms with E-state index in [0.717, 1.165) is 19.3 Å². The maximum Gasteiger partial charge on any atom is 0.0693 e. The Balaban J connectivity index is 2.15. The van der Waals surface area contributed by atoms with Crippen molar-refractivity contribution in [3.05, 3.63) is 35.4 Å². The summed E-state index contributed by atoms with van der Waals surface area (Å²) in [6.07, 6.45) is 3.10. The number of aryl methyl sites for hydroxylation is 1. The van der Waals surface area contributed by atoms with Crippen molar-refractivity contribution < 1.29 is 0 Å². The third kappa shape index (κ3) is 1.72. The van der Waals surface area contributed by atoms with Crippen molar-refractivity contribution in [3.63, 3.8) is 0 Å². The van der Waals surface area contributed by atoms with Crippen LogP contribution < -0.4 is 0 Å². The molecule has 1 heteroatoms. The zero-order valence-electron chi connectivity index (χ0n) is 7.88. The lowest BCUT2D eigenvalue weighted by atomic mass is 9.97. The molecule has 0 saturated heterocycles. The van der Waals surface area contributed by atoms with E-state index in [4.69, 9.17) is 5.26 Å². The molecule has 1 aromatic carbocycles. The lowest BCUT2D eigenvalue weighted by Gasteiger charge is -2.05. The van der Waals surface area contributed by atoms with Gasteiger partial charge in [0.25, 0.3) is 0 Å². The molecular formula is C12H13N. The van der Waals surface area contributed by atoms with Crippen molar-refractivity contribution in [2.24, 2.45) is 5.41 Å². The van der Waals surface area contributed by atoms with Crippen molar-refractivity contribution in [2.45, 2.75) is 26.2 Å². The standard InChI is InChI=1S/C12H13N/c1-10-3-2-4-11(7-10)8-12(9-13)5-6-12/h2-4,7H,5-6,8H2,1H3. The van der Waals surface area contributed by atoms with Crippen LogP contribution in [0.5, 0.6) is 0 Å². The highest BCUT2D eigenvalue weighted by Gasteiger charge is 2.42. The van der Waals surface area contributed by atoms with Gasteiger partial charge in [0.05, 0.1) is 11.5 Å². The van der Waals surface area contributed by atoms with E-state index in [9.17, 15) is 0 Å². The van der Waals surface area contributed by atoms with E-state index < -0.39 is 0 Å². The van der Waals surface area contributed by atoms with Gasteiger partial charge in [-0.1, -0.05) is 29.8 Å². The van der Waals surface area contributed by atoms with Crippen LogP contribution in [0.2, 0.25) is 0 Å². The van der Waals surface area contributed by atoms with Gasteiger partial charge in [-0.25, -0.2) is 0 Å². The largest absolute Gasteiger partial charge is 0.198 e. The van der Waals surface area contributed by atoms with Crippen molar-refractivity contribution in [1.82, 2.24) is 0 Å². The van der Waals surface area contributed by atoms with Crippen LogP contribution >= 0.6 is 0 Å². The second-order valence-corrected chi connectivity index (χ2v) is 4.06. The van der Waals surface area contributed by atoms with E-state index in [1.807, 2.05) is 0 Å². The van der Waals surface area contributed by atoms with Crippen LogP contribution in [0.25, 0.3) is 0 Å². The predicted octanol–water partition coefficient (Wildman–Crippen LogP) is 2.84. The fraction of sp³-hybridized carbons (Fsp3) is 0.417. The van der Waals surface area contributed by atoms with E-state index in [1.54, 1.807) is 0 Å². The predicted molar refractivity (Wildman–Crippen MR) is 52.2 cm³/mol. The van der Waals surface area contributed by atoms with Gasteiger partial charge in [0.1, 0.15) is 0 Å². The van der Waals surface area contributed by atoms with Crippen LogP contribution in [-0.2, 0) is 6.42 Å². The number of nitrogens with zero attached hydrogens (tertiary/aromatic N) is 1. The van der Waals surface area contributed by atoms with Crippen molar-refractivity contribution in [3.8, 4) is 6.07 Å². The number of hydrogen-bond acceptors (Lipinski definition) is 1. The van der Waals surface area contributed by atoms with Crippen LogP contribution in [0.15, 0.2) is 24.3 Å². The fourth-order valence-electron chi connectivity index (χ4n) is 1.69. The molecule has 0 radical (unpaired) electrons. The van der Waals surface area contributed by atoms with Crippen LogP contribution in [0.3, 0.4) is 0 Å². The summed E-state index contributed by atoms with van der Waals surface area (Å²) >= 11 is 0. The Kier molecular flexibility index (Phi) is 1.84. The highest BCUT2D eigenvalue weighted by atomic mass is 14.5. The summed E-state index contributed by atoms with van der Waals surface area (Å²) in [4.78, 5) is 0. The van der Waals surface area contributed by atoms with E-state index >= 15 is 0 Å². The van der Waals surface area contributed by atoms with Crippen molar-refractivity contribution in [2.75, 3.05) is 0 Å². The van der Waals surface area contributed by atoms with Gasteiger partial charge in [-0.05, 0) is 31.7 Å². The van der Waals surface area contributed by atoms with E-state index in [2.05, 4.69) is 37.3 Å². The van der Waals surface area contributed by atoms with Crippen LogP contribution in [-0.4, -0.2) is 0 Å². The van der Waals surface area contributed by atoms with E-state index in [0.29, 0.717) is 0 Å². The normalized spacial score (nSPS) is 17.8. The molecule has 0 spiro atoms. The summed E-state index contributed by atoms with van der Waals surface area (Å²) in [6, 6.07) is 10.9. The quantitative estimate of drug-likeness (QED) is 0.671. The first-order valence-corrected chi connectivity index (χ1v) is 4.71. The summed E-state index contributed by atoms with van der Waals surface area (Å²) in [5.41, 5.74) is 2.58. The average Bonchev–Trinajstić information content (AvgIpc) is 2.86. The monoisotopic (exact) mass is 171 g/mol. The summed E-state index contributed by atoms with van der Waals surface area (Å²) in [7, 11) is 0. The van der Waals surface area contributed by atoms with Gasteiger partial charge in [0.15, 0.2) is 0 Å². The molecule has 0 bridgehead atoms. The highest BCUT2D eigenvalue weighted by Crippen LogP contribution is 2.47. The van der Waals surface area contributed by atoms with Gasteiger partial charge < -0.3 is 0 Å². The molecule has 1 aliphatic carbocycles. The van der Waals surface area contributed by atoms with Crippen LogP contribution in [0.1, 0.15) is 24.0 Å².